The monoisotopic (exact) mass is 260 g/mol. The van der Waals surface area contributed by atoms with Gasteiger partial charge in [0, 0.05) is 7.05 Å². The van der Waals surface area contributed by atoms with Gasteiger partial charge in [-0.3, -0.25) is 0 Å². The fourth-order valence-corrected chi connectivity index (χ4v) is 2.86. The summed E-state index contributed by atoms with van der Waals surface area (Å²) >= 11 is 4.65. The van der Waals surface area contributed by atoms with Gasteiger partial charge >= 0.3 is 5.97 Å². The average Bonchev–Trinajstić information content (AvgIpc) is 2.56. The van der Waals surface area contributed by atoms with Gasteiger partial charge < -0.3 is 9.67 Å². The fraction of sp³-hybridized carbons (Fsp3) is 0.143. The van der Waals surface area contributed by atoms with E-state index in [1.807, 2.05) is 0 Å². The highest BCUT2D eigenvalue weighted by Crippen LogP contribution is 2.31. The van der Waals surface area contributed by atoms with Crippen LogP contribution in [-0.2, 0) is 7.05 Å². The van der Waals surface area contributed by atoms with Crippen LogP contribution in [0.2, 0.25) is 0 Å². The molecule has 2 rings (SSSR count). The second kappa shape index (κ2) is 2.81. The molecule has 0 amide bonds. The van der Waals surface area contributed by atoms with Crippen LogP contribution >= 0.6 is 27.3 Å². The van der Waals surface area contributed by atoms with Crippen LogP contribution in [0, 0.1) is 0 Å². The van der Waals surface area contributed by atoms with Gasteiger partial charge in [0.15, 0.2) is 0 Å². The molecule has 0 fully saturated rings. The molecule has 2 heterocycles. The van der Waals surface area contributed by atoms with E-state index in [4.69, 9.17) is 5.11 Å². The van der Waals surface area contributed by atoms with Gasteiger partial charge in [-0.15, -0.1) is 11.3 Å². The van der Waals surface area contributed by atoms with E-state index in [9.17, 15) is 4.79 Å². The first-order chi connectivity index (χ1) is 6.13. The number of rotatable bonds is 1. The number of aromatic carboxylic acids is 1. The summed E-state index contributed by atoms with van der Waals surface area (Å²) in [5.74, 6) is -0.945. The molecule has 2 aromatic rings. The van der Waals surface area contributed by atoms with Gasteiger partial charge in [-0.25, -0.2) is 9.78 Å². The quantitative estimate of drug-likeness (QED) is 0.855. The van der Waals surface area contributed by atoms with Crippen LogP contribution in [0.3, 0.4) is 0 Å². The minimum Gasteiger partial charge on any atom is -0.477 e. The lowest BCUT2D eigenvalue weighted by Crippen LogP contribution is -2.04. The van der Waals surface area contributed by atoms with Gasteiger partial charge in [0.1, 0.15) is 16.0 Å². The van der Waals surface area contributed by atoms with Crippen molar-refractivity contribution < 1.29 is 9.90 Å². The van der Waals surface area contributed by atoms with Crippen LogP contribution < -0.4 is 0 Å². The third kappa shape index (κ3) is 1.09. The molecule has 0 bridgehead atoms. The molecule has 0 atom stereocenters. The Balaban J connectivity index is 2.89. The van der Waals surface area contributed by atoms with Crippen molar-refractivity contribution in [1.82, 2.24) is 9.55 Å². The normalized spacial score (nSPS) is 10.9. The van der Waals surface area contributed by atoms with Gasteiger partial charge in [0.05, 0.1) is 9.98 Å². The van der Waals surface area contributed by atoms with E-state index in [1.54, 1.807) is 17.1 Å². The first-order valence-electron chi connectivity index (χ1n) is 3.43. The lowest BCUT2D eigenvalue weighted by Gasteiger charge is -1.96. The molecule has 0 saturated carbocycles. The topological polar surface area (TPSA) is 55.1 Å². The highest BCUT2D eigenvalue weighted by atomic mass is 79.9. The summed E-state index contributed by atoms with van der Waals surface area (Å²) in [5.41, 5.74) is 2.65. The Morgan fingerprint density at radius 3 is 3.00 bits per heavy atom. The summed E-state index contributed by atoms with van der Waals surface area (Å²) in [4.78, 5) is 15.8. The number of thiazole rings is 1. The van der Waals surface area contributed by atoms with E-state index in [2.05, 4.69) is 20.9 Å². The summed E-state index contributed by atoms with van der Waals surface area (Å²) in [6.45, 7) is 0. The van der Waals surface area contributed by atoms with Gasteiger partial charge in [-0.1, -0.05) is 0 Å². The Morgan fingerprint density at radius 1 is 1.77 bits per heavy atom. The number of fused-ring (bicyclic) bond motifs is 1. The van der Waals surface area contributed by atoms with E-state index in [0.717, 1.165) is 4.83 Å². The summed E-state index contributed by atoms with van der Waals surface area (Å²) in [5, 5.41) is 8.89. The van der Waals surface area contributed by atoms with Crippen molar-refractivity contribution in [2.75, 3.05) is 0 Å². The fourth-order valence-electron chi connectivity index (χ4n) is 1.23. The number of carboxylic acids is 1. The van der Waals surface area contributed by atoms with Crippen LogP contribution in [0.5, 0.6) is 0 Å². The first-order valence-corrected chi connectivity index (χ1v) is 5.11. The number of nitrogens with zero attached hydrogens (tertiary/aromatic N) is 2. The molecule has 0 unspecified atom stereocenters. The smallest absolute Gasteiger partial charge is 0.353 e. The molecule has 13 heavy (non-hydrogen) atoms. The van der Waals surface area contributed by atoms with Crippen LogP contribution in [0.25, 0.3) is 10.3 Å². The summed E-state index contributed by atoms with van der Waals surface area (Å²) in [6, 6.07) is 0. The summed E-state index contributed by atoms with van der Waals surface area (Å²) in [7, 11) is 1.72. The van der Waals surface area contributed by atoms with Crippen LogP contribution in [0.1, 0.15) is 10.5 Å². The van der Waals surface area contributed by atoms with Crippen molar-refractivity contribution in [2.45, 2.75) is 0 Å². The summed E-state index contributed by atoms with van der Waals surface area (Å²) in [6.07, 6.45) is 0. The number of aryl methyl sites for hydroxylation is 1. The maximum atomic E-state index is 10.8. The SMILES string of the molecule is Cn1c(C(=O)O)c(Br)c2ncsc21. The van der Waals surface area contributed by atoms with Crippen LogP contribution in [0.15, 0.2) is 9.98 Å². The molecule has 0 saturated heterocycles. The van der Waals surface area contributed by atoms with Crippen molar-refractivity contribution in [3.63, 3.8) is 0 Å². The standard InChI is InChI=1S/C7H5BrN2O2S/c1-10-5(7(11)12)3(8)4-6(10)13-2-9-4/h2H,1H3,(H,11,12). The largest absolute Gasteiger partial charge is 0.477 e. The van der Waals surface area contributed by atoms with Crippen LogP contribution in [-0.4, -0.2) is 20.6 Å². The Kier molecular flexibility index (Phi) is 1.88. The highest BCUT2D eigenvalue weighted by molar-refractivity contribution is 9.10. The number of aromatic nitrogens is 2. The van der Waals surface area contributed by atoms with E-state index in [-0.39, 0.29) is 5.69 Å². The average molecular weight is 261 g/mol. The van der Waals surface area contributed by atoms with Gasteiger partial charge in [0.2, 0.25) is 0 Å². The van der Waals surface area contributed by atoms with Crippen molar-refractivity contribution in [3.8, 4) is 0 Å². The van der Waals surface area contributed by atoms with Crippen LogP contribution in [0.4, 0.5) is 0 Å². The molecule has 0 aromatic carbocycles. The van der Waals surface area contributed by atoms with Gasteiger partial charge in [-0.05, 0) is 15.9 Å². The van der Waals surface area contributed by atoms with E-state index in [0.29, 0.717) is 9.99 Å². The molecule has 0 aliphatic heterocycles. The maximum Gasteiger partial charge on any atom is 0.353 e. The lowest BCUT2D eigenvalue weighted by atomic mass is 10.4. The van der Waals surface area contributed by atoms with Crippen molar-refractivity contribution in [2.24, 2.45) is 7.05 Å². The Bertz CT molecular complexity index is 453. The predicted octanol–water partition coefficient (Wildman–Crippen LogP) is 2.10. The van der Waals surface area contributed by atoms with Crippen molar-refractivity contribution in [3.05, 3.63) is 15.7 Å². The Morgan fingerprint density at radius 2 is 2.46 bits per heavy atom. The van der Waals surface area contributed by atoms with Crippen molar-refractivity contribution in [1.29, 1.82) is 0 Å². The summed E-state index contributed by atoms with van der Waals surface area (Å²) < 4.78 is 2.18. The maximum absolute atomic E-state index is 10.8. The van der Waals surface area contributed by atoms with Gasteiger partial charge in [-0.2, -0.15) is 0 Å². The zero-order chi connectivity index (χ0) is 9.59. The molecule has 68 valence electrons. The molecule has 2 aromatic heterocycles. The zero-order valence-electron chi connectivity index (χ0n) is 6.61. The Hall–Kier alpha value is -0.880. The second-order valence-corrected chi connectivity index (χ2v) is 4.16. The third-order valence-electron chi connectivity index (χ3n) is 1.81. The Labute approximate surface area is 85.9 Å². The third-order valence-corrected chi connectivity index (χ3v) is 3.46. The minimum atomic E-state index is -0.945. The molecule has 6 heteroatoms. The van der Waals surface area contributed by atoms with Crippen molar-refractivity contribution >= 4 is 43.6 Å². The zero-order valence-corrected chi connectivity index (χ0v) is 9.02. The molecule has 0 aliphatic rings. The molecular weight excluding hydrogens is 256 g/mol. The van der Waals surface area contributed by atoms with E-state index >= 15 is 0 Å². The number of hydrogen-bond acceptors (Lipinski definition) is 3. The predicted molar refractivity (Wildman–Crippen MR) is 53.3 cm³/mol. The molecule has 0 spiro atoms. The number of carbonyl (C=O) groups is 1. The number of carboxylic acid groups (broad SMARTS) is 1. The molecule has 0 aliphatic carbocycles. The molecule has 1 N–H and O–H groups in total. The molecule has 4 nitrogen and oxygen atoms in total. The first kappa shape index (κ1) is 8.71. The van der Waals surface area contributed by atoms with E-state index in [1.165, 1.54) is 11.3 Å². The van der Waals surface area contributed by atoms with Gasteiger partial charge in [0.25, 0.3) is 0 Å². The number of hydrogen-bond donors (Lipinski definition) is 1. The number of halogens is 1. The second-order valence-electron chi connectivity index (χ2n) is 2.53. The highest BCUT2D eigenvalue weighted by Gasteiger charge is 2.20. The van der Waals surface area contributed by atoms with E-state index < -0.39 is 5.97 Å². The minimum absolute atomic E-state index is 0.245. The lowest BCUT2D eigenvalue weighted by molar-refractivity contribution is 0.0686. The molecular formula is C7H5BrN2O2S. The molecule has 0 radical (unpaired) electrons.